The lowest BCUT2D eigenvalue weighted by Gasteiger charge is -2.09. The highest BCUT2D eigenvalue weighted by Gasteiger charge is 2.35. The second-order valence-corrected chi connectivity index (χ2v) is 6.27. The topological polar surface area (TPSA) is 0 Å². The number of allylic oxidation sites excluding steroid dienone is 2. The number of halogens is 1. The molecule has 0 saturated heterocycles. The Labute approximate surface area is 140 Å². The fourth-order valence-corrected chi connectivity index (χ4v) is 4.10. The van der Waals surface area contributed by atoms with Crippen LogP contribution in [0.4, 0.5) is 0 Å². The lowest BCUT2D eigenvalue weighted by atomic mass is 9.94. The number of fused-ring (bicyclic) bond motifs is 5. The summed E-state index contributed by atoms with van der Waals surface area (Å²) in [5.41, 5.74) is 9.88. The summed E-state index contributed by atoms with van der Waals surface area (Å²) in [5.74, 6) is 0. The summed E-state index contributed by atoms with van der Waals surface area (Å²) in [4.78, 5) is 0. The molecule has 23 heavy (non-hydrogen) atoms. The molecule has 0 aromatic heterocycles. The normalized spacial score (nSPS) is 14.8. The van der Waals surface area contributed by atoms with E-state index in [1.807, 2.05) is 0 Å². The predicted octanol–water partition coefficient (Wildman–Crippen LogP) is 6.08. The van der Waals surface area contributed by atoms with Gasteiger partial charge in [0.2, 0.25) is 0 Å². The van der Waals surface area contributed by atoms with Gasteiger partial charge >= 0.3 is 0 Å². The molecule has 3 aromatic rings. The number of hydrogen-bond donors (Lipinski definition) is 0. The summed E-state index contributed by atoms with van der Waals surface area (Å²) in [6.07, 6.45) is 0. The van der Waals surface area contributed by atoms with Crippen LogP contribution in [-0.4, -0.2) is 0 Å². The van der Waals surface area contributed by atoms with Gasteiger partial charge in [0.15, 0.2) is 0 Å². The summed E-state index contributed by atoms with van der Waals surface area (Å²) in [6, 6.07) is 27.6. The predicted molar refractivity (Wildman–Crippen MR) is 97.9 cm³/mol. The molecule has 0 bridgehead atoms. The van der Waals surface area contributed by atoms with Crippen molar-refractivity contribution in [2.45, 2.75) is 0 Å². The van der Waals surface area contributed by atoms with Gasteiger partial charge in [0, 0.05) is 16.7 Å². The number of benzene rings is 3. The maximum atomic E-state index is 6.77. The molecule has 0 amide bonds. The Morgan fingerprint density at radius 3 is 1.57 bits per heavy atom. The zero-order valence-electron chi connectivity index (χ0n) is 12.4. The summed E-state index contributed by atoms with van der Waals surface area (Å²) in [5, 5.41) is 0.869. The highest BCUT2D eigenvalue weighted by Crippen LogP contribution is 2.57. The second-order valence-electron chi connectivity index (χ2n) is 5.90. The second kappa shape index (κ2) is 4.71. The van der Waals surface area contributed by atoms with E-state index >= 15 is 0 Å². The molecule has 0 aliphatic heterocycles. The smallest absolute Gasteiger partial charge is 0.0569 e. The standard InChI is InChI=1S/C22H13Cl/c23-22-18-13-7-6-12-17(18)20-19(14-8-2-1-3-9-14)15-10-4-5-11-16(15)21(20)22/h1-13H. The van der Waals surface area contributed by atoms with Crippen molar-refractivity contribution < 1.29 is 0 Å². The SMILES string of the molecule is ClC1=C2C(=C(c3ccccc3)c3ccccc32)c2ccccc21. The van der Waals surface area contributed by atoms with E-state index in [-0.39, 0.29) is 0 Å². The third-order valence-corrected chi connectivity index (χ3v) is 5.07. The van der Waals surface area contributed by atoms with Crippen molar-refractivity contribution in [2.24, 2.45) is 0 Å². The van der Waals surface area contributed by atoms with Crippen molar-refractivity contribution in [1.29, 1.82) is 0 Å². The van der Waals surface area contributed by atoms with Gasteiger partial charge in [-0.05, 0) is 27.8 Å². The Kier molecular flexibility index (Phi) is 2.65. The summed E-state index contributed by atoms with van der Waals surface area (Å²) >= 11 is 6.77. The summed E-state index contributed by atoms with van der Waals surface area (Å²) < 4.78 is 0. The van der Waals surface area contributed by atoms with Crippen molar-refractivity contribution >= 4 is 33.4 Å². The third-order valence-electron chi connectivity index (χ3n) is 4.68. The van der Waals surface area contributed by atoms with Crippen molar-refractivity contribution in [2.75, 3.05) is 0 Å². The van der Waals surface area contributed by atoms with Gasteiger partial charge in [-0.3, -0.25) is 0 Å². The van der Waals surface area contributed by atoms with Gasteiger partial charge < -0.3 is 0 Å². The first-order chi connectivity index (χ1) is 11.4. The van der Waals surface area contributed by atoms with Gasteiger partial charge in [0.05, 0.1) is 5.03 Å². The maximum Gasteiger partial charge on any atom is 0.0569 e. The molecule has 0 nitrogen and oxygen atoms in total. The van der Waals surface area contributed by atoms with Crippen molar-refractivity contribution in [3.05, 3.63) is 107 Å². The lowest BCUT2D eigenvalue weighted by molar-refractivity contribution is 1.54. The van der Waals surface area contributed by atoms with Gasteiger partial charge in [0.25, 0.3) is 0 Å². The number of hydrogen-bond acceptors (Lipinski definition) is 0. The Balaban J connectivity index is 1.94. The largest absolute Gasteiger partial charge is 0.0830 e. The Hall–Kier alpha value is -2.57. The first kappa shape index (κ1) is 12.9. The van der Waals surface area contributed by atoms with E-state index in [1.165, 1.54) is 39.0 Å². The number of rotatable bonds is 1. The van der Waals surface area contributed by atoms with Gasteiger partial charge in [-0.15, -0.1) is 0 Å². The fourth-order valence-electron chi connectivity index (χ4n) is 3.74. The highest BCUT2D eigenvalue weighted by molar-refractivity contribution is 6.59. The fraction of sp³-hybridized carbons (Fsp3) is 0. The average molecular weight is 313 g/mol. The average Bonchev–Trinajstić information content (AvgIpc) is 3.10. The van der Waals surface area contributed by atoms with Crippen LogP contribution in [0.2, 0.25) is 0 Å². The van der Waals surface area contributed by atoms with E-state index in [0.717, 1.165) is 10.6 Å². The van der Waals surface area contributed by atoms with Crippen LogP contribution in [0.5, 0.6) is 0 Å². The van der Waals surface area contributed by atoms with Crippen LogP contribution in [0, 0.1) is 0 Å². The summed E-state index contributed by atoms with van der Waals surface area (Å²) in [6.45, 7) is 0. The molecular formula is C22H13Cl. The minimum atomic E-state index is 0.869. The minimum absolute atomic E-state index is 0.869. The van der Waals surface area contributed by atoms with Crippen LogP contribution in [-0.2, 0) is 0 Å². The first-order valence-corrected chi connectivity index (χ1v) is 8.13. The van der Waals surface area contributed by atoms with Crippen molar-refractivity contribution in [3.63, 3.8) is 0 Å². The monoisotopic (exact) mass is 312 g/mol. The van der Waals surface area contributed by atoms with Gasteiger partial charge in [-0.25, -0.2) is 0 Å². The molecule has 0 N–H and O–H groups in total. The maximum absolute atomic E-state index is 6.77. The Bertz CT molecular complexity index is 1010. The van der Waals surface area contributed by atoms with E-state index in [1.54, 1.807) is 0 Å². The molecule has 0 radical (unpaired) electrons. The van der Waals surface area contributed by atoms with Crippen LogP contribution in [0.15, 0.2) is 78.9 Å². The Morgan fingerprint density at radius 1 is 0.435 bits per heavy atom. The van der Waals surface area contributed by atoms with Crippen molar-refractivity contribution in [1.82, 2.24) is 0 Å². The molecule has 0 saturated carbocycles. The van der Waals surface area contributed by atoms with E-state index in [0.29, 0.717) is 0 Å². The molecule has 0 unspecified atom stereocenters. The molecule has 0 atom stereocenters. The third kappa shape index (κ3) is 1.67. The molecule has 3 aromatic carbocycles. The van der Waals surface area contributed by atoms with E-state index in [2.05, 4.69) is 78.9 Å². The molecular weight excluding hydrogens is 300 g/mol. The van der Waals surface area contributed by atoms with Crippen LogP contribution in [0.3, 0.4) is 0 Å². The van der Waals surface area contributed by atoms with E-state index in [4.69, 9.17) is 11.6 Å². The zero-order valence-corrected chi connectivity index (χ0v) is 13.1. The van der Waals surface area contributed by atoms with Crippen molar-refractivity contribution in [3.8, 4) is 0 Å². The van der Waals surface area contributed by atoms with Crippen LogP contribution in [0.1, 0.15) is 27.8 Å². The molecule has 5 rings (SSSR count). The van der Waals surface area contributed by atoms with E-state index < -0.39 is 0 Å². The van der Waals surface area contributed by atoms with Crippen LogP contribution in [0.25, 0.3) is 21.8 Å². The van der Waals surface area contributed by atoms with Gasteiger partial charge in [-0.2, -0.15) is 0 Å². The molecule has 0 spiro atoms. The minimum Gasteiger partial charge on any atom is -0.0830 e. The van der Waals surface area contributed by atoms with Crippen LogP contribution < -0.4 is 0 Å². The van der Waals surface area contributed by atoms with Crippen LogP contribution >= 0.6 is 11.6 Å². The van der Waals surface area contributed by atoms with Gasteiger partial charge in [-0.1, -0.05) is 90.5 Å². The summed E-state index contributed by atoms with van der Waals surface area (Å²) in [7, 11) is 0. The molecule has 0 fully saturated rings. The molecule has 108 valence electrons. The van der Waals surface area contributed by atoms with E-state index in [9.17, 15) is 0 Å². The zero-order chi connectivity index (χ0) is 15.4. The molecule has 1 heteroatoms. The quantitative estimate of drug-likeness (QED) is 0.511. The first-order valence-electron chi connectivity index (χ1n) is 7.75. The molecule has 2 aliphatic carbocycles. The molecule has 2 aliphatic rings. The lowest BCUT2D eigenvalue weighted by Crippen LogP contribution is -1.89. The highest BCUT2D eigenvalue weighted by atomic mass is 35.5. The Morgan fingerprint density at radius 2 is 0.913 bits per heavy atom. The van der Waals surface area contributed by atoms with Gasteiger partial charge in [0.1, 0.15) is 0 Å². The molecule has 0 heterocycles.